The van der Waals surface area contributed by atoms with Crippen molar-refractivity contribution in [2.24, 2.45) is 0 Å². The number of nitrogens with zero attached hydrogens (tertiary/aromatic N) is 2. The zero-order valence-corrected chi connectivity index (χ0v) is 12.0. The zero-order chi connectivity index (χ0) is 13.8. The van der Waals surface area contributed by atoms with Gasteiger partial charge in [-0.25, -0.2) is 9.78 Å². The SMILES string of the molecule is CCSCCCn1c(C)nc2cc(C(=O)O)ccc21. The number of aryl methyl sites for hydroxylation is 2. The molecule has 0 unspecified atom stereocenters. The van der Waals surface area contributed by atoms with Gasteiger partial charge in [0.1, 0.15) is 5.82 Å². The lowest BCUT2D eigenvalue weighted by molar-refractivity contribution is 0.0697. The lowest BCUT2D eigenvalue weighted by Crippen LogP contribution is -2.02. The average molecular weight is 278 g/mol. The van der Waals surface area contributed by atoms with E-state index in [0.29, 0.717) is 5.56 Å². The molecular formula is C14H18N2O2S. The smallest absolute Gasteiger partial charge is 0.335 e. The Balaban J connectivity index is 2.24. The van der Waals surface area contributed by atoms with Crippen LogP contribution in [0.25, 0.3) is 11.0 Å². The van der Waals surface area contributed by atoms with Crippen LogP contribution in [0.3, 0.4) is 0 Å². The van der Waals surface area contributed by atoms with E-state index in [1.807, 2.05) is 24.8 Å². The molecule has 1 heterocycles. The van der Waals surface area contributed by atoms with Crippen LogP contribution in [0.1, 0.15) is 29.5 Å². The number of thioether (sulfide) groups is 1. The lowest BCUT2D eigenvalue weighted by Gasteiger charge is -2.06. The van der Waals surface area contributed by atoms with Crippen molar-refractivity contribution in [1.82, 2.24) is 9.55 Å². The Morgan fingerprint density at radius 2 is 2.26 bits per heavy atom. The number of carbonyl (C=O) groups is 1. The predicted molar refractivity (Wildman–Crippen MR) is 79.0 cm³/mol. The topological polar surface area (TPSA) is 55.1 Å². The molecular weight excluding hydrogens is 260 g/mol. The Kier molecular flexibility index (Phi) is 4.47. The van der Waals surface area contributed by atoms with Crippen LogP contribution in [0.4, 0.5) is 0 Å². The van der Waals surface area contributed by atoms with Crippen LogP contribution in [0, 0.1) is 6.92 Å². The summed E-state index contributed by atoms with van der Waals surface area (Å²) in [6, 6.07) is 5.14. The molecule has 0 radical (unpaired) electrons. The first kappa shape index (κ1) is 13.9. The second-order valence-electron chi connectivity index (χ2n) is 4.37. The summed E-state index contributed by atoms with van der Waals surface area (Å²) in [4.78, 5) is 15.4. The molecule has 1 aromatic carbocycles. The van der Waals surface area contributed by atoms with Crippen LogP contribution in [0.5, 0.6) is 0 Å². The normalized spacial score (nSPS) is 11.1. The minimum absolute atomic E-state index is 0.290. The molecule has 19 heavy (non-hydrogen) atoms. The van der Waals surface area contributed by atoms with Gasteiger partial charge in [0.2, 0.25) is 0 Å². The van der Waals surface area contributed by atoms with E-state index in [0.717, 1.165) is 41.3 Å². The van der Waals surface area contributed by atoms with Gasteiger partial charge in [-0.1, -0.05) is 6.92 Å². The summed E-state index contributed by atoms with van der Waals surface area (Å²) in [6.07, 6.45) is 1.10. The molecule has 0 aliphatic carbocycles. The first-order valence-electron chi connectivity index (χ1n) is 6.41. The van der Waals surface area contributed by atoms with E-state index in [2.05, 4.69) is 16.5 Å². The molecule has 0 aliphatic rings. The van der Waals surface area contributed by atoms with E-state index in [4.69, 9.17) is 5.11 Å². The summed E-state index contributed by atoms with van der Waals surface area (Å²) >= 11 is 1.94. The largest absolute Gasteiger partial charge is 0.478 e. The summed E-state index contributed by atoms with van der Waals surface area (Å²) in [7, 11) is 0. The Labute approximate surface area is 116 Å². The second-order valence-corrected chi connectivity index (χ2v) is 5.76. The highest BCUT2D eigenvalue weighted by Gasteiger charge is 2.10. The fourth-order valence-electron chi connectivity index (χ4n) is 2.13. The molecule has 2 rings (SSSR count). The third kappa shape index (κ3) is 3.10. The van der Waals surface area contributed by atoms with E-state index in [1.54, 1.807) is 12.1 Å². The molecule has 0 spiro atoms. The third-order valence-corrected chi connectivity index (χ3v) is 4.05. The van der Waals surface area contributed by atoms with Crippen LogP contribution in [-0.4, -0.2) is 32.1 Å². The lowest BCUT2D eigenvalue weighted by atomic mass is 10.2. The van der Waals surface area contributed by atoms with Crippen molar-refractivity contribution in [2.45, 2.75) is 26.8 Å². The molecule has 0 amide bonds. The van der Waals surface area contributed by atoms with Gasteiger partial charge in [-0.3, -0.25) is 0 Å². The van der Waals surface area contributed by atoms with Gasteiger partial charge in [0.25, 0.3) is 0 Å². The Hall–Kier alpha value is -1.49. The van der Waals surface area contributed by atoms with Crippen molar-refractivity contribution in [2.75, 3.05) is 11.5 Å². The van der Waals surface area contributed by atoms with Crippen LogP contribution in [-0.2, 0) is 6.54 Å². The molecule has 5 heteroatoms. The van der Waals surface area contributed by atoms with Crippen LogP contribution < -0.4 is 0 Å². The summed E-state index contributed by atoms with van der Waals surface area (Å²) in [5.74, 6) is 2.32. The summed E-state index contributed by atoms with van der Waals surface area (Å²) < 4.78 is 2.16. The molecule has 2 aromatic rings. The van der Waals surface area contributed by atoms with E-state index in [9.17, 15) is 4.79 Å². The molecule has 102 valence electrons. The number of aromatic carboxylic acids is 1. The molecule has 0 saturated carbocycles. The second kappa shape index (κ2) is 6.10. The fraction of sp³-hybridized carbons (Fsp3) is 0.429. The number of hydrogen-bond acceptors (Lipinski definition) is 3. The van der Waals surface area contributed by atoms with Crippen molar-refractivity contribution < 1.29 is 9.90 Å². The van der Waals surface area contributed by atoms with Crippen molar-refractivity contribution in [3.05, 3.63) is 29.6 Å². The predicted octanol–water partition coefficient (Wildman–Crippen LogP) is 3.19. The maximum atomic E-state index is 10.9. The number of aromatic nitrogens is 2. The highest BCUT2D eigenvalue weighted by atomic mass is 32.2. The van der Waals surface area contributed by atoms with Crippen LogP contribution in [0.15, 0.2) is 18.2 Å². The van der Waals surface area contributed by atoms with E-state index in [-0.39, 0.29) is 0 Å². The van der Waals surface area contributed by atoms with Gasteiger partial charge in [-0.15, -0.1) is 0 Å². The number of fused-ring (bicyclic) bond motifs is 1. The molecule has 1 N–H and O–H groups in total. The maximum Gasteiger partial charge on any atom is 0.335 e. The monoisotopic (exact) mass is 278 g/mol. The molecule has 0 saturated heterocycles. The molecule has 4 nitrogen and oxygen atoms in total. The van der Waals surface area contributed by atoms with Crippen molar-refractivity contribution in [1.29, 1.82) is 0 Å². The molecule has 0 aliphatic heterocycles. The van der Waals surface area contributed by atoms with Crippen molar-refractivity contribution >= 4 is 28.8 Å². The molecule has 0 bridgehead atoms. The van der Waals surface area contributed by atoms with Gasteiger partial charge in [0.05, 0.1) is 16.6 Å². The average Bonchev–Trinajstić information content (AvgIpc) is 2.69. The highest BCUT2D eigenvalue weighted by molar-refractivity contribution is 7.99. The minimum Gasteiger partial charge on any atom is -0.478 e. The minimum atomic E-state index is -0.909. The van der Waals surface area contributed by atoms with Gasteiger partial charge >= 0.3 is 5.97 Å². The summed E-state index contributed by atoms with van der Waals surface area (Å²) in [6.45, 7) is 5.06. The number of hydrogen-bond donors (Lipinski definition) is 1. The maximum absolute atomic E-state index is 10.9. The first-order chi connectivity index (χ1) is 9.13. The number of carboxylic acids is 1. The van der Waals surface area contributed by atoms with Crippen molar-refractivity contribution in [3.63, 3.8) is 0 Å². The van der Waals surface area contributed by atoms with Gasteiger partial charge in [-0.2, -0.15) is 11.8 Å². The van der Waals surface area contributed by atoms with Gasteiger partial charge < -0.3 is 9.67 Å². The van der Waals surface area contributed by atoms with Gasteiger partial charge in [0.15, 0.2) is 0 Å². The zero-order valence-electron chi connectivity index (χ0n) is 11.2. The van der Waals surface area contributed by atoms with E-state index in [1.165, 1.54) is 0 Å². The van der Waals surface area contributed by atoms with E-state index < -0.39 is 5.97 Å². The third-order valence-electron chi connectivity index (χ3n) is 3.06. The molecule has 0 fully saturated rings. The van der Waals surface area contributed by atoms with Crippen LogP contribution in [0.2, 0.25) is 0 Å². The summed E-state index contributed by atoms with van der Waals surface area (Å²) in [5.41, 5.74) is 2.07. The van der Waals surface area contributed by atoms with Crippen LogP contribution >= 0.6 is 11.8 Å². The Morgan fingerprint density at radius 1 is 1.47 bits per heavy atom. The standard InChI is InChI=1S/C14H18N2O2S/c1-3-19-8-4-7-16-10(2)15-12-9-11(14(17)18)5-6-13(12)16/h5-6,9H,3-4,7-8H2,1-2H3,(H,17,18). The van der Waals surface area contributed by atoms with Gasteiger partial charge in [0, 0.05) is 6.54 Å². The van der Waals surface area contributed by atoms with E-state index >= 15 is 0 Å². The van der Waals surface area contributed by atoms with Gasteiger partial charge in [-0.05, 0) is 43.0 Å². The number of rotatable bonds is 6. The fourth-order valence-corrected chi connectivity index (χ4v) is 2.76. The number of benzene rings is 1. The molecule has 0 atom stereocenters. The summed E-state index contributed by atoms with van der Waals surface area (Å²) in [5, 5.41) is 8.98. The molecule has 1 aromatic heterocycles. The Bertz CT molecular complexity index is 592. The van der Waals surface area contributed by atoms with Crippen molar-refractivity contribution in [3.8, 4) is 0 Å². The highest BCUT2D eigenvalue weighted by Crippen LogP contribution is 2.18. The first-order valence-corrected chi connectivity index (χ1v) is 7.57. The quantitative estimate of drug-likeness (QED) is 0.824. The number of imidazole rings is 1. The number of carboxylic acid groups (broad SMARTS) is 1. The Morgan fingerprint density at radius 3 is 2.95 bits per heavy atom.